The second kappa shape index (κ2) is 5.09. The molecule has 2 heterocycles. The minimum Gasteiger partial charge on any atom is -0.438 e. The molecule has 0 unspecified atom stereocenters. The topological polar surface area (TPSA) is 39.4 Å². The fourth-order valence-corrected chi connectivity index (χ4v) is 2.71. The van der Waals surface area contributed by atoms with Crippen molar-refractivity contribution >= 4 is 16.6 Å². The van der Waals surface area contributed by atoms with E-state index in [-0.39, 0.29) is 0 Å². The number of nitrogens with zero attached hydrogens (tertiary/aromatic N) is 3. The molecule has 0 radical (unpaired) electrons. The van der Waals surface area contributed by atoms with E-state index in [0.717, 1.165) is 28.0 Å². The first-order valence-electron chi connectivity index (χ1n) is 7.62. The largest absolute Gasteiger partial charge is 0.438 e. The van der Waals surface area contributed by atoms with Gasteiger partial charge in [-0.05, 0) is 56.2 Å². The van der Waals surface area contributed by atoms with Gasteiger partial charge in [0.05, 0.1) is 16.6 Å². The molecular weight excluding hydrogens is 286 g/mol. The monoisotopic (exact) mass is 303 g/mol. The molecule has 0 saturated heterocycles. The van der Waals surface area contributed by atoms with Crippen LogP contribution in [-0.2, 0) is 0 Å². The number of benzene rings is 2. The van der Waals surface area contributed by atoms with Crippen LogP contribution in [0.15, 0.2) is 48.5 Å². The highest BCUT2D eigenvalue weighted by molar-refractivity contribution is 5.86. The van der Waals surface area contributed by atoms with Crippen molar-refractivity contribution in [1.29, 1.82) is 0 Å². The number of hydrogen-bond donors (Lipinski definition) is 0. The molecule has 4 aromatic rings. The van der Waals surface area contributed by atoms with Crippen LogP contribution in [0.3, 0.4) is 0 Å². The maximum absolute atomic E-state index is 6.09. The summed E-state index contributed by atoms with van der Waals surface area (Å²) in [5.41, 5.74) is 5.17. The van der Waals surface area contributed by atoms with Gasteiger partial charge in [0.1, 0.15) is 5.75 Å². The summed E-state index contributed by atoms with van der Waals surface area (Å²) in [5.74, 6) is 1.41. The second-order valence-electron chi connectivity index (χ2n) is 5.84. The van der Waals surface area contributed by atoms with E-state index in [0.29, 0.717) is 5.88 Å². The average molecular weight is 303 g/mol. The zero-order valence-electron chi connectivity index (χ0n) is 13.4. The van der Waals surface area contributed by atoms with Gasteiger partial charge in [-0.2, -0.15) is 10.1 Å². The van der Waals surface area contributed by atoms with E-state index in [9.17, 15) is 0 Å². The number of rotatable bonds is 2. The Hall–Kier alpha value is -2.88. The fraction of sp³-hybridized carbons (Fsp3) is 0.158. The number of aromatic nitrogens is 3. The molecule has 0 bridgehead atoms. The summed E-state index contributed by atoms with van der Waals surface area (Å²) in [4.78, 5) is 4.65. The maximum Gasteiger partial charge on any atom is 0.230 e. The van der Waals surface area contributed by atoms with Gasteiger partial charge in [0.15, 0.2) is 5.65 Å². The van der Waals surface area contributed by atoms with E-state index in [1.165, 1.54) is 11.1 Å². The molecule has 4 nitrogen and oxygen atoms in total. The fourth-order valence-electron chi connectivity index (χ4n) is 2.71. The minimum absolute atomic E-state index is 0.608. The van der Waals surface area contributed by atoms with Crippen molar-refractivity contribution in [1.82, 2.24) is 14.6 Å². The first-order valence-corrected chi connectivity index (χ1v) is 7.62. The molecule has 0 aliphatic carbocycles. The molecule has 114 valence electrons. The standard InChI is InChI=1S/C19H17N3O/c1-12-8-9-15(10-13(12)2)23-19-16-6-4-5-7-17(16)22-18(20-19)11-14(3)21-22/h4-11H,1-3H3. The Kier molecular flexibility index (Phi) is 3.05. The highest BCUT2D eigenvalue weighted by atomic mass is 16.5. The highest BCUT2D eigenvalue weighted by Gasteiger charge is 2.12. The summed E-state index contributed by atoms with van der Waals surface area (Å²) >= 11 is 0. The number of ether oxygens (including phenoxy) is 1. The lowest BCUT2D eigenvalue weighted by molar-refractivity contribution is 0.469. The van der Waals surface area contributed by atoms with Crippen LogP contribution in [0.5, 0.6) is 11.6 Å². The van der Waals surface area contributed by atoms with Crippen LogP contribution in [0, 0.1) is 20.8 Å². The molecule has 0 amide bonds. The summed E-state index contributed by atoms with van der Waals surface area (Å²) in [6.07, 6.45) is 0. The maximum atomic E-state index is 6.09. The Labute approximate surface area is 134 Å². The van der Waals surface area contributed by atoms with Gasteiger partial charge in [0.25, 0.3) is 0 Å². The number of para-hydroxylation sites is 1. The lowest BCUT2D eigenvalue weighted by Crippen LogP contribution is -1.97. The molecule has 23 heavy (non-hydrogen) atoms. The number of hydrogen-bond acceptors (Lipinski definition) is 3. The van der Waals surface area contributed by atoms with E-state index in [4.69, 9.17) is 4.74 Å². The van der Waals surface area contributed by atoms with E-state index in [2.05, 4.69) is 30.0 Å². The Morgan fingerprint density at radius 1 is 0.913 bits per heavy atom. The molecule has 0 aliphatic rings. The van der Waals surface area contributed by atoms with E-state index in [1.807, 2.05) is 53.9 Å². The van der Waals surface area contributed by atoms with E-state index >= 15 is 0 Å². The van der Waals surface area contributed by atoms with Crippen LogP contribution in [0.4, 0.5) is 0 Å². The molecule has 4 rings (SSSR count). The molecule has 0 N–H and O–H groups in total. The SMILES string of the molecule is Cc1cc2nc(Oc3ccc(C)c(C)c3)c3ccccc3n2n1. The zero-order chi connectivity index (χ0) is 16.0. The first-order chi connectivity index (χ1) is 11.1. The lowest BCUT2D eigenvalue weighted by atomic mass is 10.1. The molecule has 4 heteroatoms. The summed E-state index contributed by atoms with van der Waals surface area (Å²) in [5, 5.41) is 5.46. The molecule has 0 aliphatic heterocycles. The third-order valence-corrected chi connectivity index (χ3v) is 4.08. The van der Waals surface area contributed by atoms with Gasteiger partial charge in [-0.25, -0.2) is 4.52 Å². The molecule has 2 aromatic heterocycles. The number of fused-ring (bicyclic) bond motifs is 3. The van der Waals surface area contributed by atoms with Crippen molar-refractivity contribution in [3.05, 3.63) is 65.4 Å². The Morgan fingerprint density at radius 2 is 1.74 bits per heavy atom. The van der Waals surface area contributed by atoms with Gasteiger partial charge in [-0.3, -0.25) is 0 Å². The van der Waals surface area contributed by atoms with Crippen LogP contribution in [0.25, 0.3) is 16.6 Å². The van der Waals surface area contributed by atoms with Crippen LogP contribution in [-0.4, -0.2) is 14.6 Å². The quantitative estimate of drug-likeness (QED) is 0.543. The van der Waals surface area contributed by atoms with Crippen molar-refractivity contribution in [2.75, 3.05) is 0 Å². The Balaban J connectivity index is 1.92. The van der Waals surface area contributed by atoms with Gasteiger partial charge in [0.2, 0.25) is 5.88 Å². The molecule has 0 saturated carbocycles. The second-order valence-corrected chi connectivity index (χ2v) is 5.84. The molecular formula is C19H17N3O. The van der Waals surface area contributed by atoms with Gasteiger partial charge in [-0.1, -0.05) is 18.2 Å². The van der Waals surface area contributed by atoms with Crippen molar-refractivity contribution in [2.24, 2.45) is 0 Å². The molecule has 2 aromatic carbocycles. The van der Waals surface area contributed by atoms with Gasteiger partial charge in [-0.15, -0.1) is 0 Å². The van der Waals surface area contributed by atoms with Crippen LogP contribution in [0.2, 0.25) is 0 Å². The first kappa shape index (κ1) is 13.8. The van der Waals surface area contributed by atoms with Crippen molar-refractivity contribution in [3.8, 4) is 11.6 Å². The predicted molar refractivity (Wildman–Crippen MR) is 91.2 cm³/mol. The third-order valence-electron chi connectivity index (χ3n) is 4.08. The summed E-state index contributed by atoms with van der Waals surface area (Å²) in [6.45, 7) is 6.14. The summed E-state index contributed by atoms with van der Waals surface area (Å²) < 4.78 is 7.95. The summed E-state index contributed by atoms with van der Waals surface area (Å²) in [6, 6.07) is 16.1. The van der Waals surface area contributed by atoms with Crippen molar-refractivity contribution in [3.63, 3.8) is 0 Å². The van der Waals surface area contributed by atoms with Crippen LogP contribution in [0.1, 0.15) is 16.8 Å². The smallest absolute Gasteiger partial charge is 0.230 e. The van der Waals surface area contributed by atoms with Crippen LogP contribution < -0.4 is 4.74 Å². The molecule has 0 atom stereocenters. The lowest BCUT2D eigenvalue weighted by Gasteiger charge is -2.10. The van der Waals surface area contributed by atoms with E-state index in [1.54, 1.807) is 0 Å². The average Bonchev–Trinajstić information content (AvgIpc) is 2.92. The van der Waals surface area contributed by atoms with E-state index < -0.39 is 0 Å². The van der Waals surface area contributed by atoms with Crippen LogP contribution >= 0.6 is 0 Å². The van der Waals surface area contributed by atoms with Gasteiger partial charge in [0, 0.05) is 6.07 Å². The third kappa shape index (κ3) is 2.32. The highest BCUT2D eigenvalue weighted by Crippen LogP contribution is 2.30. The normalized spacial score (nSPS) is 11.3. The summed E-state index contributed by atoms with van der Waals surface area (Å²) in [7, 11) is 0. The number of aryl methyl sites for hydroxylation is 3. The minimum atomic E-state index is 0.608. The van der Waals surface area contributed by atoms with Crippen molar-refractivity contribution in [2.45, 2.75) is 20.8 Å². The Bertz CT molecular complexity index is 1030. The van der Waals surface area contributed by atoms with Gasteiger partial charge < -0.3 is 4.74 Å². The zero-order valence-corrected chi connectivity index (χ0v) is 13.4. The van der Waals surface area contributed by atoms with Gasteiger partial charge >= 0.3 is 0 Å². The van der Waals surface area contributed by atoms with Crippen molar-refractivity contribution < 1.29 is 4.74 Å². The molecule has 0 spiro atoms. The Morgan fingerprint density at radius 3 is 2.57 bits per heavy atom. The predicted octanol–water partition coefficient (Wildman–Crippen LogP) is 4.60. The molecule has 0 fully saturated rings.